The van der Waals surface area contributed by atoms with Crippen molar-refractivity contribution in [3.8, 4) is 0 Å². The van der Waals surface area contributed by atoms with Crippen LogP contribution in [0.4, 0.5) is 5.69 Å². The largest absolute Gasteiger partial charge is 0.348 e. The molecule has 0 fully saturated rings. The van der Waals surface area contributed by atoms with Crippen LogP contribution in [0, 0.1) is 0 Å². The van der Waals surface area contributed by atoms with Crippen LogP contribution in [0.2, 0.25) is 10.0 Å². The first kappa shape index (κ1) is 12.9. The molecule has 0 radical (unpaired) electrons. The molecule has 6 heteroatoms. The number of para-hydroxylation sites is 1. The monoisotopic (exact) mass is 283 g/mol. The number of nitrogens with one attached hydrogen (secondary N) is 2. The Morgan fingerprint density at radius 1 is 1.33 bits per heavy atom. The first-order valence-corrected chi connectivity index (χ1v) is 6.13. The lowest BCUT2D eigenvalue weighted by atomic mass is 10.2. The van der Waals surface area contributed by atoms with Gasteiger partial charge in [-0.05, 0) is 18.6 Å². The van der Waals surface area contributed by atoms with Gasteiger partial charge in [0.1, 0.15) is 0 Å². The highest BCUT2D eigenvalue weighted by molar-refractivity contribution is 6.39. The van der Waals surface area contributed by atoms with Crippen molar-refractivity contribution in [2.45, 2.75) is 12.8 Å². The summed E-state index contributed by atoms with van der Waals surface area (Å²) in [5.74, 6) is -0.139. The van der Waals surface area contributed by atoms with E-state index in [9.17, 15) is 4.79 Å². The maximum absolute atomic E-state index is 11.7. The molecule has 0 aliphatic rings. The molecule has 1 aromatic carbocycles. The molecule has 1 amide bonds. The van der Waals surface area contributed by atoms with Crippen LogP contribution >= 0.6 is 23.2 Å². The van der Waals surface area contributed by atoms with Gasteiger partial charge in [0.2, 0.25) is 5.91 Å². The van der Waals surface area contributed by atoms with Crippen molar-refractivity contribution in [1.29, 1.82) is 0 Å². The van der Waals surface area contributed by atoms with E-state index in [0.29, 0.717) is 28.6 Å². The van der Waals surface area contributed by atoms with Gasteiger partial charge in [0.25, 0.3) is 0 Å². The van der Waals surface area contributed by atoms with E-state index in [2.05, 4.69) is 15.3 Å². The lowest BCUT2D eigenvalue weighted by molar-refractivity contribution is -0.116. The Morgan fingerprint density at radius 2 is 2.06 bits per heavy atom. The van der Waals surface area contributed by atoms with Crippen molar-refractivity contribution in [2.24, 2.45) is 0 Å². The smallest absolute Gasteiger partial charge is 0.224 e. The average molecular weight is 284 g/mol. The number of carbonyl (C=O) groups is 1. The summed E-state index contributed by atoms with van der Waals surface area (Å²) >= 11 is 11.9. The van der Waals surface area contributed by atoms with E-state index in [1.54, 1.807) is 30.7 Å². The number of hydrogen-bond donors (Lipinski definition) is 2. The Morgan fingerprint density at radius 3 is 2.67 bits per heavy atom. The number of aryl methyl sites for hydroxylation is 1. The molecule has 2 N–H and O–H groups in total. The van der Waals surface area contributed by atoms with Crippen molar-refractivity contribution >= 4 is 34.8 Å². The summed E-state index contributed by atoms with van der Waals surface area (Å²) in [7, 11) is 0. The fourth-order valence-electron chi connectivity index (χ4n) is 1.49. The van der Waals surface area contributed by atoms with Crippen molar-refractivity contribution in [1.82, 2.24) is 9.97 Å². The van der Waals surface area contributed by atoms with Crippen LogP contribution in [-0.2, 0) is 11.2 Å². The first-order valence-electron chi connectivity index (χ1n) is 5.38. The van der Waals surface area contributed by atoms with Gasteiger partial charge in [-0.1, -0.05) is 29.3 Å². The number of carbonyl (C=O) groups excluding carboxylic acids is 1. The molecule has 0 bridgehead atoms. The zero-order valence-corrected chi connectivity index (χ0v) is 10.9. The Bertz CT molecular complexity index is 520. The molecule has 2 aromatic rings. The van der Waals surface area contributed by atoms with E-state index in [4.69, 9.17) is 23.2 Å². The fraction of sp³-hybridized carbons (Fsp3) is 0.167. The second-order valence-electron chi connectivity index (χ2n) is 3.72. The molecule has 94 valence electrons. The van der Waals surface area contributed by atoms with E-state index < -0.39 is 0 Å². The maximum Gasteiger partial charge on any atom is 0.224 e. The number of amides is 1. The minimum atomic E-state index is -0.139. The van der Waals surface area contributed by atoms with Gasteiger partial charge in [-0.15, -0.1) is 0 Å². The molecule has 1 heterocycles. The molecular formula is C12H11Cl2N3O. The molecule has 0 spiro atoms. The summed E-state index contributed by atoms with van der Waals surface area (Å²) in [5, 5.41) is 3.56. The molecule has 0 saturated heterocycles. The predicted octanol–water partition coefficient (Wildman–Crippen LogP) is 3.29. The topological polar surface area (TPSA) is 57.8 Å². The Hall–Kier alpha value is -1.52. The summed E-state index contributed by atoms with van der Waals surface area (Å²) in [4.78, 5) is 18.6. The van der Waals surface area contributed by atoms with E-state index in [-0.39, 0.29) is 5.91 Å². The molecule has 18 heavy (non-hydrogen) atoms. The number of aromatic amines is 1. The number of hydrogen-bond acceptors (Lipinski definition) is 2. The summed E-state index contributed by atoms with van der Waals surface area (Å²) in [6.45, 7) is 0. The second kappa shape index (κ2) is 5.89. The number of aromatic nitrogens is 2. The van der Waals surface area contributed by atoms with Crippen molar-refractivity contribution in [3.05, 3.63) is 46.5 Å². The van der Waals surface area contributed by atoms with E-state index in [1.807, 2.05) is 0 Å². The number of anilines is 1. The van der Waals surface area contributed by atoms with Gasteiger partial charge < -0.3 is 10.3 Å². The summed E-state index contributed by atoms with van der Waals surface area (Å²) in [6, 6.07) is 5.08. The second-order valence-corrected chi connectivity index (χ2v) is 4.54. The highest BCUT2D eigenvalue weighted by Gasteiger charge is 2.09. The SMILES string of the molecule is O=C(CCc1cnc[nH]1)Nc1c(Cl)cccc1Cl. The number of rotatable bonds is 4. The van der Waals surface area contributed by atoms with Crippen molar-refractivity contribution in [2.75, 3.05) is 5.32 Å². The highest BCUT2D eigenvalue weighted by atomic mass is 35.5. The Balaban J connectivity index is 1.95. The van der Waals surface area contributed by atoms with E-state index in [1.165, 1.54) is 0 Å². The van der Waals surface area contributed by atoms with Crippen LogP contribution in [-0.4, -0.2) is 15.9 Å². The van der Waals surface area contributed by atoms with Gasteiger partial charge >= 0.3 is 0 Å². The van der Waals surface area contributed by atoms with Crippen LogP contribution in [0.1, 0.15) is 12.1 Å². The van der Waals surface area contributed by atoms with Gasteiger partial charge in [-0.3, -0.25) is 4.79 Å². The van der Waals surface area contributed by atoms with Crippen molar-refractivity contribution < 1.29 is 4.79 Å². The van der Waals surface area contributed by atoms with Crippen LogP contribution in [0.5, 0.6) is 0 Å². The number of halogens is 2. The fourth-order valence-corrected chi connectivity index (χ4v) is 1.98. The first-order chi connectivity index (χ1) is 8.66. The average Bonchev–Trinajstić information content (AvgIpc) is 2.84. The zero-order valence-electron chi connectivity index (χ0n) is 9.41. The predicted molar refractivity (Wildman–Crippen MR) is 72.0 cm³/mol. The molecule has 2 rings (SSSR count). The normalized spacial score (nSPS) is 10.3. The van der Waals surface area contributed by atoms with Crippen molar-refractivity contribution in [3.63, 3.8) is 0 Å². The lowest BCUT2D eigenvalue weighted by Gasteiger charge is -2.08. The minimum Gasteiger partial charge on any atom is -0.348 e. The van der Waals surface area contributed by atoms with E-state index in [0.717, 1.165) is 5.69 Å². The Labute approximate surface area is 114 Å². The maximum atomic E-state index is 11.7. The molecule has 0 atom stereocenters. The molecule has 1 aromatic heterocycles. The quantitative estimate of drug-likeness (QED) is 0.905. The highest BCUT2D eigenvalue weighted by Crippen LogP contribution is 2.29. The van der Waals surface area contributed by atoms with Gasteiger partial charge in [0.15, 0.2) is 0 Å². The summed E-state index contributed by atoms with van der Waals surface area (Å²) < 4.78 is 0. The number of imidazole rings is 1. The molecule has 0 aliphatic carbocycles. The van der Waals surface area contributed by atoms with Gasteiger partial charge in [0.05, 0.1) is 22.1 Å². The summed E-state index contributed by atoms with van der Waals surface area (Å²) in [6.07, 6.45) is 4.20. The number of benzene rings is 1. The molecule has 0 aliphatic heterocycles. The standard InChI is InChI=1S/C12H11Cl2N3O/c13-9-2-1-3-10(14)12(9)17-11(18)5-4-8-6-15-7-16-8/h1-3,6-7H,4-5H2,(H,15,16)(H,17,18). The Kier molecular flexibility index (Phi) is 4.23. The van der Waals surface area contributed by atoms with Gasteiger partial charge in [-0.25, -0.2) is 4.98 Å². The third-order valence-electron chi connectivity index (χ3n) is 2.40. The van der Waals surface area contributed by atoms with Crippen LogP contribution in [0.25, 0.3) is 0 Å². The third kappa shape index (κ3) is 3.24. The van der Waals surface area contributed by atoms with Gasteiger partial charge in [0, 0.05) is 18.3 Å². The van der Waals surface area contributed by atoms with Crippen LogP contribution < -0.4 is 5.32 Å². The minimum absolute atomic E-state index is 0.139. The zero-order chi connectivity index (χ0) is 13.0. The molecular weight excluding hydrogens is 273 g/mol. The van der Waals surface area contributed by atoms with Crippen LogP contribution in [0.15, 0.2) is 30.7 Å². The van der Waals surface area contributed by atoms with E-state index >= 15 is 0 Å². The molecule has 0 saturated carbocycles. The lowest BCUT2D eigenvalue weighted by Crippen LogP contribution is -2.13. The number of nitrogens with zero attached hydrogens (tertiary/aromatic N) is 1. The third-order valence-corrected chi connectivity index (χ3v) is 3.03. The molecule has 0 unspecified atom stereocenters. The number of H-pyrrole nitrogens is 1. The molecule has 4 nitrogen and oxygen atoms in total. The summed E-state index contributed by atoms with van der Waals surface area (Å²) in [5.41, 5.74) is 1.37. The van der Waals surface area contributed by atoms with Crippen LogP contribution in [0.3, 0.4) is 0 Å². The van der Waals surface area contributed by atoms with Gasteiger partial charge in [-0.2, -0.15) is 0 Å².